The lowest BCUT2D eigenvalue weighted by Crippen LogP contribution is -2.44. The lowest BCUT2D eigenvalue weighted by Gasteiger charge is -2.31. The number of carboxylic acids is 1. The largest absolute Gasteiger partial charge is 0.477 e. The van der Waals surface area contributed by atoms with Crippen molar-refractivity contribution in [3.63, 3.8) is 0 Å². The molecule has 5 nitrogen and oxygen atoms in total. The number of rotatable bonds is 28. The Morgan fingerprint density at radius 3 is 1.69 bits per heavy atom. The van der Waals surface area contributed by atoms with Gasteiger partial charge in [-0.2, -0.15) is 11.8 Å². The molecule has 0 aromatic rings. The SMILES string of the molecule is CCCCCCCCCCCCSC(CCCCCCCCC)C(C)OC(OCCC)(P=O)C(=O)O. The number of unbranched alkanes of at least 4 members (excludes halogenated alkanes) is 15. The maximum Gasteiger partial charge on any atom is 0.377 e. The minimum atomic E-state index is -2.11. The molecule has 0 rings (SSSR count). The molecule has 0 aliphatic rings. The first kappa shape index (κ1) is 35.8. The van der Waals surface area contributed by atoms with Crippen LogP contribution in [0.2, 0.25) is 0 Å². The van der Waals surface area contributed by atoms with Gasteiger partial charge < -0.3 is 14.6 Å². The van der Waals surface area contributed by atoms with E-state index in [1.54, 1.807) is 0 Å². The van der Waals surface area contributed by atoms with E-state index in [0.29, 0.717) is 6.42 Å². The van der Waals surface area contributed by atoms with E-state index in [1.165, 1.54) is 103 Å². The first-order chi connectivity index (χ1) is 17.5. The number of thioether (sulfide) groups is 1. The van der Waals surface area contributed by atoms with Crippen LogP contribution in [0.25, 0.3) is 0 Å². The van der Waals surface area contributed by atoms with E-state index in [9.17, 15) is 14.5 Å². The zero-order valence-electron chi connectivity index (χ0n) is 23.9. The molecule has 3 atom stereocenters. The molecule has 0 saturated heterocycles. The molecular weight excluding hydrogens is 491 g/mol. The van der Waals surface area contributed by atoms with Crippen molar-refractivity contribution in [1.82, 2.24) is 0 Å². The Morgan fingerprint density at radius 2 is 1.25 bits per heavy atom. The standard InChI is InChI=1S/C29H57O5PS/c1-5-8-10-12-14-15-16-18-20-22-25-36-27(23-21-19-17-13-11-9-6-2)26(4)34-29(35-32,28(30)31)33-24-7-3/h26-27H,5-25H2,1-4H3,(H,30,31). The number of carboxylic acid groups (broad SMARTS) is 1. The summed E-state index contributed by atoms with van der Waals surface area (Å²) in [6.07, 6.45) is 23.2. The second-order valence-corrected chi connectivity index (χ2v) is 12.3. The number of hydrogen-bond acceptors (Lipinski definition) is 5. The summed E-state index contributed by atoms with van der Waals surface area (Å²) in [5, 5.41) is 9.88. The van der Waals surface area contributed by atoms with Crippen LogP contribution in [0.4, 0.5) is 0 Å². The third kappa shape index (κ3) is 18.2. The highest BCUT2D eigenvalue weighted by Gasteiger charge is 2.45. The smallest absolute Gasteiger partial charge is 0.377 e. The minimum absolute atomic E-state index is 0.171. The third-order valence-corrected chi connectivity index (χ3v) is 8.92. The molecule has 7 heteroatoms. The average molecular weight is 549 g/mol. The molecular formula is C29H57O5PS. The summed E-state index contributed by atoms with van der Waals surface area (Å²) in [5.74, 6) is -0.273. The van der Waals surface area contributed by atoms with E-state index in [2.05, 4.69) is 13.8 Å². The summed E-state index contributed by atoms with van der Waals surface area (Å²) in [6.45, 7) is 8.50. The van der Waals surface area contributed by atoms with Crippen LogP contribution >= 0.6 is 20.2 Å². The van der Waals surface area contributed by atoms with E-state index in [-0.39, 0.29) is 18.0 Å². The fourth-order valence-corrected chi connectivity index (χ4v) is 6.15. The van der Waals surface area contributed by atoms with Crippen LogP contribution in [0.5, 0.6) is 0 Å². The molecule has 214 valence electrons. The van der Waals surface area contributed by atoms with Crippen LogP contribution < -0.4 is 0 Å². The van der Waals surface area contributed by atoms with Gasteiger partial charge in [0, 0.05) is 5.25 Å². The van der Waals surface area contributed by atoms with Crippen LogP contribution in [0.3, 0.4) is 0 Å². The molecule has 1 N–H and O–H groups in total. The van der Waals surface area contributed by atoms with Crippen molar-refractivity contribution in [2.75, 3.05) is 12.4 Å². The normalized spacial score (nSPS) is 15.1. The second-order valence-electron chi connectivity index (χ2n) is 10.2. The van der Waals surface area contributed by atoms with Gasteiger partial charge in [-0.25, -0.2) is 4.79 Å². The highest BCUT2D eigenvalue weighted by molar-refractivity contribution is 7.99. The summed E-state index contributed by atoms with van der Waals surface area (Å²) >= 11 is 1.89. The number of carbonyl (C=O) groups is 1. The van der Waals surface area contributed by atoms with Crippen LogP contribution in [0, 0.1) is 0 Å². The molecule has 0 aromatic carbocycles. The Bertz CT molecular complexity index is 522. The molecule has 0 fully saturated rings. The minimum Gasteiger partial charge on any atom is -0.477 e. The zero-order valence-corrected chi connectivity index (χ0v) is 25.7. The molecule has 0 spiro atoms. The monoisotopic (exact) mass is 548 g/mol. The van der Waals surface area contributed by atoms with Gasteiger partial charge in [-0.05, 0) is 31.9 Å². The van der Waals surface area contributed by atoms with Crippen LogP contribution in [-0.2, 0) is 18.8 Å². The van der Waals surface area contributed by atoms with E-state index < -0.39 is 20.0 Å². The maximum absolute atomic E-state index is 11.9. The van der Waals surface area contributed by atoms with Crippen molar-refractivity contribution in [2.24, 2.45) is 0 Å². The van der Waals surface area contributed by atoms with Gasteiger partial charge in [-0.1, -0.05) is 124 Å². The van der Waals surface area contributed by atoms with Gasteiger partial charge in [0.25, 0.3) is 0 Å². The van der Waals surface area contributed by atoms with Gasteiger partial charge in [0.1, 0.15) is 0 Å². The first-order valence-corrected chi connectivity index (χ1v) is 16.8. The van der Waals surface area contributed by atoms with Crippen molar-refractivity contribution in [1.29, 1.82) is 0 Å². The predicted molar refractivity (Wildman–Crippen MR) is 155 cm³/mol. The quantitative estimate of drug-likeness (QED) is 0.0596. The average Bonchev–Trinajstić information content (AvgIpc) is 2.87. The van der Waals surface area contributed by atoms with Crippen molar-refractivity contribution in [3.05, 3.63) is 0 Å². The number of hydrogen-bond donors (Lipinski definition) is 1. The highest BCUT2D eigenvalue weighted by atomic mass is 32.2. The zero-order chi connectivity index (χ0) is 26.9. The Labute approximate surface area is 228 Å². The van der Waals surface area contributed by atoms with E-state index in [1.807, 2.05) is 25.6 Å². The van der Waals surface area contributed by atoms with Crippen molar-refractivity contribution < 1.29 is 23.9 Å². The number of ether oxygens (including phenoxy) is 2. The van der Waals surface area contributed by atoms with Gasteiger partial charge in [0.15, 0.2) is 0 Å². The lowest BCUT2D eigenvalue weighted by atomic mass is 10.1. The van der Waals surface area contributed by atoms with Crippen LogP contribution in [0.15, 0.2) is 0 Å². The molecule has 36 heavy (non-hydrogen) atoms. The second kappa shape index (κ2) is 25.1. The fraction of sp³-hybridized carbons (Fsp3) is 0.966. The van der Waals surface area contributed by atoms with Crippen LogP contribution in [0.1, 0.15) is 150 Å². The summed E-state index contributed by atoms with van der Waals surface area (Å²) in [7, 11) is -0.656. The molecule has 0 radical (unpaired) electrons. The van der Waals surface area contributed by atoms with Crippen molar-refractivity contribution in [3.8, 4) is 0 Å². The lowest BCUT2D eigenvalue weighted by molar-refractivity contribution is -0.217. The van der Waals surface area contributed by atoms with Crippen molar-refractivity contribution in [2.45, 2.75) is 167 Å². The summed E-state index contributed by atoms with van der Waals surface area (Å²) in [5.41, 5.74) is -2.11. The summed E-state index contributed by atoms with van der Waals surface area (Å²) in [4.78, 5) is 11.9. The van der Waals surface area contributed by atoms with Gasteiger partial charge in [-0.15, -0.1) is 0 Å². The first-order valence-electron chi connectivity index (χ1n) is 15.0. The third-order valence-electron chi connectivity index (χ3n) is 6.68. The van der Waals surface area contributed by atoms with Gasteiger partial charge in [0.2, 0.25) is 8.46 Å². The Morgan fingerprint density at radius 1 is 0.778 bits per heavy atom. The Hall–Kier alpha value is -0.160. The van der Waals surface area contributed by atoms with Gasteiger partial charge in [0.05, 0.1) is 12.7 Å². The van der Waals surface area contributed by atoms with Gasteiger partial charge in [-0.3, -0.25) is 4.57 Å². The molecule has 0 amide bonds. The molecule has 0 bridgehead atoms. The van der Waals surface area contributed by atoms with E-state index in [0.717, 1.165) is 18.6 Å². The van der Waals surface area contributed by atoms with E-state index >= 15 is 0 Å². The number of aliphatic carboxylic acids is 1. The molecule has 0 aliphatic carbocycles. The maximum atomic E-state index is 11.9. The van der Waals surface area contributed by atoms with E-state index in [4.69, 9.17) is 9.47 Å². The molecule has 0 heterocycles. The molecule has 3 unspecified atom stereocenters. The van der Waals surface area contributed by atoms with Crippen LogP contribution in [-0.4, -0.2) is 40.3 Å². The topological polar surface area (TPSA) is 72.8 Å². The predicted octanol–water partition coefficient (Wildman–Crippen LogP) is 10.0. The molecule has 0 aliphatic heterocycles. The highest BCUT2D eigenvalue weighted by Crippen LogP contribution is 2.33. The Balaban J connectivity index is 4.61. The molecule has 0 saturated carbocycles. The molecule has 0 aromatic heterocycles. The van der Waals surface area contributed by atoms with Crippen molar-refractivity contribution >= 4 is 26.2 Å². The Kier molecular flexibility index (Phi) is 25.0. The summed E-state index contributed by atoms with van der Waals surface area (Å²) < 4.78 is 23.2. The fourth-order valence-electron chi connectivity index (χ4n) is 4.38. The summed E-state index contributed by atoms with van der Waals surface area (Å²) in [6, 6.07) is 0. The van der Waals surface area contributed by atoms with Gasteiger partial charge >= 0.3 is 11.5 Å².